The second kappa shape index (κ2) is 7.98. The first-order valence-electron chi connectivity index (χ1n) is 10.6. The molecule has 0 radical (unpaired) electrons. The molecule has 3 aromatic rings. The van der Waals surface area contributed by atoms with Crippen molar-refractivity contribution < 1.29 is 18.0 Å². The lowest BCUT2D eigenvalue weighted by atomic mass is 9.76. The molecule has 1 aliphatic carbocycles. The van der Waals surface area contributed by atoms with Crippen LogP contribution in [0.15, 0.2) is 102 Å². The van der Waals surface area contributed by atoms with Gasteiger partial charge >= 0.3 is 0 Å². The summed E-state index contributed by atoms with van der Waals surface area (Å²) in [7, 11) is -3.99. The van der Waals surface area contributed by atoms with Gasteiger partial charge in [-0.2, -0.15) is 0 Å². The van der Waals surface area contributed by atoms with E-state index >= 15 is 0 Å². The van der Waals surface area contributed by atoms with Crippen LogP contribution in [-0.4, -0.2) is 30.3 Å². The molecule has 2 aliphatic rings. The molecular formula is C27H21NO4S. The van der Waals surface area contributed by atoms with Crippen LogP contribution in [0.5, 0.6) is 0 Å². The number of allylic oxidation sites excluding steroid dienone is 1. The summed E-state index contributed by atoms with van der Waals surface area (Å²) < 4.78 is 28.8. The molecule has 0 saturated heterocycles. The first-order valence-corrected chi connectivity index (χ1v) is 12.0. The highest BCUT2D eigenvalue weighted by atomic mass is 32.2. The Balaban J connectivity index is 1.75. The van der Waals surface area contributed by atoms with Crippen LogP contribution in [0, 0.1) is 12.8 Å². The van der Waals surface area contributed by atoms with Gasteiger partial charge in [-0.15, -0.1) is 0 Å². The average Bonchev–Trinajstić information content (AvgIpc) is 3.24. The van der Waals surface area contributed by atoms with Crippen LogP contribution in [0.4, 0.5) is 0 Å². The first-order chi connectivity index (χ1) is 15.9. The zero-order valence-electron chi connectivity index (χ0n) is 17.9. The molecule has 0 amide bonds. The number of fused-ring (bicyclic) bond motifs is 1. The van der Waals surface area contributed by atoms with Crippen molar-refractivity contribution in [1.29, 1.82) is 0 Å². The maximum Gasteiger partial charge on any atom is 0.264 e. The fourth-order valence-electron chi connectivity index (χ4n) is 4.56. The number of aryl methyl sites for hydroxylation is 1. The molecule has 0 aromatic heterocycles. The van der Waals surface area contributed by atoms with Gasteiger partial charge in [0.1, 0.15) is 0 Å². The number of nitrogens with zero attached hydrogens (tertiary/aromatic N) is 1. The van der Waals surface area contributed by atoms with Crippen LogP contribution in [0.25, 0.3) is 11.1 Å². The summed E-state index contributed by atoms with van der Waals surface area (Å²) in [6.07, 6.45) is 2.82. The maximum absolute atomic E-state index is 13.8. The predicted molar refractivity (Wildman–Crippen MR) is 126 cm³/mol. The van der Waals surface area contributed by atoms with Crippen molar-refractivity contribution in [2.45, 2.75) is 17.9 Å². The number of carbonyl (C=O) groups is 2. The van der Waals surface area contributed by atoms with E-state index in [9.17, 15) is 18.0 Å². The van der Waals surface area contributed by atoms with Crippen LogP contribution in [0.1, 0.15) is 16.7 Å². The Morgan fingerprint density at radius 3 is 2.06 bits per heavy atom. The van der Waals surface area contributed by atoms with Gasteiger partial charge in [-0.25, -0.2) is 8.42 Å². The fraction of sp³-hybridized carbons (Fsp3) is 0.111. The summed E-state index contributed by atoms with van der Waals surface area (Å²) in [6, 6.07) is 24.0. The lowest BCUT2D eigenvalue weighted by Gasteiger charge is -2.33. The Bertz CT molecular complexity index is 1420. The molecule has 0 bridgehead atoms. The summed E-state index contributed by atoms with van der Waals surface area (Å²) >= 11 is 0. The third kappa shape index (κ3) is 3.52. The Morgan fingerprint density at radius 2 is 1.39 bits per heavy atom. The number of carbonyl (C=O) groups excluding carboxylic acids is 2. The molecule has 33 heavy (non-hydrogen) atoms. The minimum Gasteiger partial charge on any atom is -0.290 e. The number of rotatable bonds is 4. The molecule has 0 spiro atoms. The van der Waals surface area contributed by atoms with Crippen LogP contribution in [0.2, 0.25) is 0 Å². The Labute approximate surface area is 192 Å². The highest BCUT2D eigenvalue weighted by Crippen LogP contribution is 2.46. The van der Waals surface area contributed by atoms with Gasteiger partial charge in [-0.05, 0) is 47.4 Å². The fourth-order valence-corrected chi connectivity index (χ4v) is 6.09. The van der Waals surface area contributed by atoms with Crippen molar-refractivity contribution in [3.05, 3.63) is 114 Å². The maximum atomic E-state index is 13.8. The van der Waals surface area contributed by atoms with Gasteiger partial charge in [0, 0.05) is 6.20 Å². The first kappa shape index (κ1) is 21.1. The number of hydrogen-bond acceptors (Lipinski definition) is 4. The number of Topliss-reactive ketones (excluding diaryl/α,β-unsaturated/α-hetero) is 1. The van der Waals surface area contributed by atoms with E-state index in [0.29, 0.717) is 16.7 Å². The van der Waals surface area contributed by atoms with Crippen LogP contribution in [-0.2, 0) is 19.6 Å². The lowest BCUT2D eigenvalue weighted by Crippen LogP contribution is -2.44. The van der Waals surface area contributed by atoms with Gasteiger partial charge in [0.15, 0.2) is 0 Å². The third-order valence-electron chi connectivity index (χ3n) is 6.10. The highest BCUT2D eigenvalue weighted by Gasteiger charge is 2.51. The smallest absolute Gasteiger partial charge is 0.264 e. The molecule has 3 aromatic carbocycles. The van der Waals surface area contributed by atoms with E-state index in [1.54, 1.807) is 18.2 Å². The molecule has 6 heteroatoms. The molecular weight excluding hydrogens is 434 g/mol. The summed E-state index contributed by atoms with van der Waals surface area (Å²) in [5.74, 6) is -2.13. The number of hydrogen-bond donors (Lipinski definition) is 0. The molecule has 0 saturated carbocycles. The quantitative estimate of drug-likeness (QED) is 0.551. The average molecular weight is 456 g/mol. The van der Waals surface area contributed by atoms with Crippen molar-refractivity contribution in [3.8, 4) is 0 Å². The van der Waals surface area contributed by atoms with Gasteiger partial charge in [-0.3, -0.25) is 13.9 Å². The molecule has 1 heterocycles. The van der Waals surface area contributed by atoms with Gasteiger partial charge in [0.2, 0.25) is 11.6 Å². The monoisotopic (exact) mass is 455 g/mol. The Morgan fingerprint density at radius 1 is 0.758 bits per heavy atom. The lowest BCUT2D eigenvalue weighted by molar-refractivity contribution is -0.135. The summed E-state index contributed by atoms with van der Waals surface area (Å²) in [4.78, 5) is 26.1. The van der Waals surface area contributed by atoms with Crippen molar-refractivity contribution in [2.24, 2.45) is 5.92 Å². The molecule has 5 rings (SSSR count). The van der Waals surface area contributed by atoms with E-state index in [4.69, 9.17) is 0 Å². The third-order valence-corrected chi connectivity index (χ3v) is 7.85. The molecule has 5 nitrogen and oxygen atoms in total. The minimum absolute atomic E-state index is 0.127. The van der Waals surface area contributed by atoms with Crippen molar-refractivity contribution in [1.82, 2.24) is 4.31 Å². The molecule has 1 aliphatic heterocycles. The SMILES string of the molecule is Cc1cccc(C2=CC(=O)C(=O)C3C(c4ccccc4)=CN(S(=O)(=O)c4ccccc4)C23)c1. The van der Waals surface area contributed by atoms with E-state index in [1.807, 2.05) is 61.5 Å². The molecule has 0 N–H and O–H groups in total. The zero-order valence-corrected chi connectivity index (χ0v) is 18.7. The number of benzene rings is 3. The topological polar surface area (TPSA) is 71.5 Å². The standard InChI is InChI=1S/C27H21NO4S/c1-18-9-8-12-20(15-18)22-16-24(29)27(30)25-23(19-10-4-2-5-11-19)17-28(26(22)25)33(31,32)21-13-6-3-7-14-21/h2-17,25-26H,1H3. The van der Waals surface area contributed by atoms with E-state index in [-0.39, 0.29) is 4.90 Å². The molecule has 2 atom stereocenters. The van der Waals surface area contributed by atoms with E-state index < -0.39 is 33.5 Å². The van der Waals surface area contributed by atoms with Crippen molar-refractivity contribution >= 4 is 32.7 Å². The molecule has 0 fully saturated rings. The number of sulfonamides is 1. The second-order valence-electron chi connectivity index (χ2n) is 8.22. The van der Waals surface area contributed by atoms with Crippen LogP contribution < -0.4 is 0 Å². The van der Waals surface area contributed by atoms with Gasteiger partial charge in [0.05, 0.1) is 16.9 Å². The summed E-state index contributed by atoms with van der Waals surface area (Å²) in [6.45, 7) is 1.93. The van der Waals surface area contributed by atoms with Gasteiger partial charge in [0.25, 0.3) is 10.0 Å². The second-order valence-corrected chi connectivity index (χ2v) is 10.1. The molecule has 2 unspecified atom stereocenters. The van der Waals surface area contributed by atoms with E-state index in [1.165, 1.54) is 28.7 Å². The Kier molecular flexibility index (Phi) is 5.10. The van der Waals surface area contributed by atoms with Crippen molar-refractivity contribution in [2.75, 3.05) is 0 Å². The summed E-state index contributed by atoms with van der Waals surface area (Å²) in [5.41, 5.74) is 3.46. The predicted octanol–water partition coefficient (Wildman–Crippen LogP) is 4.26. The van der Waals surface area contributed by atoms with Gasteiger partial charge < -0.3 is 0 Å². The highest BCUT2D eigenvalue weighted by molar-refractivity contribution is 7.89. The van der Waals surface area contributed by atoms with E-state index in [2.05, 4.69) is 0 Å². The summed E-state index contributed by atoms with van der Waals surface area (Å²) in [5, 5.41) is 0. The van der Waals surface area contributed by atoms with E-state index in [0.717, 1.165) is 11.1 Å². The van der Waals surface area contributed by atoms with Gasteiger partial charge in [-0.1, -0.05) is 78.4 Å². The zero-order chi connectivity index (χ0) is 23.2. The normalized spacial score (nSPS) is 20.3. The number of ketones is 2. The minimum atomic E-state index is -3.99. The van der Waals surface area contributed by atoms with Crippen LogP contribution in [0.3, 0.4) is 0 Å². The largest absolute Gasteiger partial charge is 0.290 e. The Hall–Kier alpha value is -3.77. The van der Waals surface area contributed by atoms with Crippen LogP contribution >= 0.6 is 0 Å². The molecule has 164 valence electrons. The van der Waals surface area contributed by atoms with Crippen molar-refractivity contribution in [3.63, 3.8) is 0 Å².